The molecule has 2 fully saturated rings. The number of nitrogens with one attached hydrogen (secondary N) is 1. The Morgan fingerprint density at radius 2 is 1.78 bits per heavy atom. The van der Waals surface area contributed by atoms with Gasteiger partial charge in [0.15, 0.2) is 0 Å². The number of likely N-dealkylation sites (tertiary alicyclic amines) is 1. The van der Waals surface area contributed by atoms with E-state index in [2.05, 4.69) is 10.3 Å². The van der Waals surface area contributed by atoms with Crippen molar-refractivity contribution in [1.29, 1.82) is 0 Å². The predicted octanol–water partition coefficient (Wildman–Crippen LogP) is 2.70. The molecule has 2 amide bonds. The molecule has 142 valence electrons. The molecule has 6 nitrogen and oxygen atoms in total. The number of benzene rings is 1. The topological polar surface area (TPSA) is 67.2 Å². The molecule has 0 spiro atoms. The van der Waals surface area contributed by atoms with E-state index >= 15 is 0 Å². The Kier molecular flexibility index (Phi) is 4.97. The highest BCUT2D eigenvalue weighted by Crippen LogP contribution is 2.32. The van der Waals surface area contributed by atoms with Crippen LogP contribution in [0.2, 0.25) is 0 Å². The third-order valence-electron chi connectivity index (χ3n) is 5.66. The standard InChI is InChI=1S/C21H26N4O2/c1-15(16-4-6-19(7-5-16)25-13-10-22-14-25)23-20(26)17-8-11-24(12-9-17)21(27)18-2-3-18/h4-7,10,13-15,17-18H,2-3,8-9,11-12H2,1H3,(H,23,26). The van der Waals surface area contributed by atoms with Crippen LogP contribution in [0.1, 0.15) is 44.2 Å². The molecule has 0 bridgehead atoms. The van der Waals surface area contributed by atoms with E-state index in [4.69, 9.17) is 0 Å². The maximum absolute atomic E-state index is 12.6. The SMILES string of the molecule is CC(NC(=O)C1CCN(C(=O)C2CC2)CC1)c1ccc(-n2ccnc2)cc1. The summed E-state index contributed by atoms with van der Waals surface area (Å²) in [5.74, 6) is 0.654. The number of hydrogen-bond donors (Lipinski definition) is 1. The van der Waals surface area contributed by atoms with Crippen LogP contribution in [0, 0.1) is 11.8 Å². The number of amides is 2. The lowest BCUT2D eigenvalue weighted by Gasteiger charge is -2.32. The molecule has 1 aliphatic carbocycles. The third kappa shape index (κ3) is 4.04. The number of aromatic nitrogens is 2. The Labute approximate surface area is 159 Å². The quantitative estimate of drug-likeness (QED) is 0.885. The molecule has 1 N–H and O–H groups in total. The van der Waals surface area contributed by atoms with Crippen molar-refractivity contribution in [3.8, 4) is 5.69 Å². The van der Waals surface area contributed by atoms with E-state index in [-0.39, 0.29) is 23.8 Å². The van der Waals surface area contributed by atoms with Gasteiger partial charge in [0.2, 0.25) is 11.8 Å². The molecule has 1 saturated heterocycles. The van der Waals surface area contributed by atoms with Crippen molar-refractivity contribution in [2.24, 2.45) is 11.8 Å². The molecule has 1 aromatic heterocycles. The van der Waals surface area contributed by atoms with Crippen molar-refractivity contribution < 1.29 is 9.59 Å². The lowest BCUT2D eigenvalue weighted by Crippen LogP contribution is -2.44. The van der Waals surface area contributed by atoms with Gasteiger partial charge in [-0.2, -0.15) is 0 Å². The minimum absolute atomic E-state index is 0.000856. The second kappa shape index (κ2) is 7.55. The minimum atomic E-state index is -0.0412. The van der Waals surface area contributed by atoms with Crippen LogP contribution in [0.25, 0.3) is 5.69 Å². The molecule has 6 heteroatoms. The Morgan fingerprint density at radius 3 is 2.37 bits per heavy atom. The third-order valence-corrected chi connectivity index (χ3v) is 5.66. The van der Waals surface area contributed by atoms with Crippen molar-refractivity contribution in [2.45, 2.75) is 38.6 Å². The van der Waals surface area contributed by atoms with Crippen molar-refractivity contribution in [3.63, 3.8) is 0 Å². The van der Waals surface area contributed by atoms with Crippen molar-refractivity contribution >= 4 is 11.8 Å². The second-order valence-electron chi connectivity index (χ2n) is 7.67. The number of carbonyl (C=O) groups is 2. The average Bonchev–Trinajstić information content (AvgIpc) is 3.41. The Morgan fingerprint density at radius 1 is 1.07 bits per heavy atom. The Hall–Kier alpha value is -2.63. The smallest absolute Gasteiger partial charge is 0.225 e. The largest absolute Gasteiger partial charge is 0.349 e. The molecule has 1 atom stereocenters. The van der Waals surface area contributed by atoms with Crippen LogP contribution in [0.15, 0.2) is 43.0 Å². The molecule has 4 rings (SSSR count). The van der Waals surface area contributed by atoms with Crippen molar-refractivity contribution in [3.05, 3.63) is 48.5 Å². The fraction of sp³-hybridized carbons (Fsp3) is 0.476. The zero-order valence-electron chi connectivity index (χ0n) is 15.7. The fourth-order valence-corrected chi connectivity index (χ4v) is 3.71. The van der Waals surface area contributed by atoms with E-state index in [0.717, 1.165) is 36.9 Å². The molecule has 1 saturated carbocycles. The van der Waals surface area contributed by atoms with E-state index in [9.17, 15) is 9.59 Å². The summed E-state index contributed by atoms with van der Waals surface area (Å²) in [6.45, 7) is 3.43. The summed E-state index contributed by atoms with van der Waals surface area (Å²) in [7, 11) is 0. The van der Waals surface area contributed by atoms with Gasteiger partial charge in [0.1, 0.15) is 0 Å². The first-order valence-electron chi connectivity index (χ1n) is 9.79. The number of imidazole rings is 1. The molecular formula is C21H26N4O2. The van der Waals surface area contributed by atoms with Gasteiger partial charge in [-0.05, 0) is 50.3 Å². The number of piperidine rings is 1. The number of nitrogens with zero attached hydrogens (tertiary/aromatic N) is 3. The average molecular weight is 366 g/mol. The van der Waals surface area contributed by atoms with E-state index in [1.165, 1.54) is 0 Å². The molecule has 27 heavy (non-hydrogen) atoms. The van der Waals surface area contributed by atoms with E-state index in [0.29, 0.717) is 19.0 Å². The fourth-order valence-electron chi connectivity index (χ4n) is 3.71. The van der Waals surface area contributed by atoms with Gasteiger partial charge in [0.05, 0.1) is 12.4 Å². The highest BCUT2D eigenvalue weighted by atomic mass is 16.2. The first-order valence-corrected chi connectivity index (χ1v) is 9.79. The molecule has 1 unspecified atom stereocenters. The zero-order valence-corrected chi connectivity index (χ0v) is 15.7. The lowest BCUT2D eigenvalue weighted by atomic mass is 9.95. The van der Waals surface area contributed by atoms with Crippen LogP contribution in [-0.4, -0.2) is 39.4 Å². The van der Waals surface area contributed by atoms with Crippen LogP contribution >= 0.6 is 0 Å². The Balaban J connectivity index is 1.29. The zero-order chi connectivity index (χ0) is 18.8. The molecule has 2 aliphatic rings. The van der Waals surface area contributed by atoms with Gasteiger partial charge in [0, 0.05) is 43.0 Å². The first-order chi connectivity index (χ1) is 13.1. The Bertz CT molecular complexity index is 788. The molecule has 1 aliphatic heterocycles. The molecular weight excluding hydrogens is 340 g/mol. The summed E-state index contributed by atoms with van der Waals surface area (Å²) in [6, 6.07) is 8.10. The van der Waals surface area contributed by atoms with Crippen LogP contribution < -0.4 is 5.32 Å². The summed E-state index contributed by atoms with van der Waals surface area (Å²) in [4.78, 5) is 30.8. The van der Waals surface area contributed by atoms with Crippen LogP contribution in [0.3, 0.4) is 0 Å². The van der Waals surface area contributed by atoms with Gasteiger partial charge in [-0.1, -0.05) is 12.1 Å². The van der Waals surface area contributed by atoms with E-state index < -0.39 is 0 Å². The van der Waals surface area contributed by atoms with Gasteiger partial charge in [-0.25, -0.2) is 4.98 Å². The number of carbonyl (C=O) groups excluding carboxylic acids is 2. The molecule has 2 heterocycles. The number of rotatable bonds is 5. The van der Waals surface area contributed by atoms with Crippen LogP contribution in [0.4, 0.5) is 0 Å². The normalized spacial score (nSPS) is 18.9. The predicted molar refractivity (Wildman–Crippen MR) is 102 cm³/mol. The van der Waals surface area contributed by atoms with Crippen LogP contribution in [-0.2, 0) is 9.59 Å². The number of hydrogen-bond acceptors (Lipinski definition) is 3. The summed E-state index contributed by atoms with van der Waals surface area (Å²) < 4.78 is 1.95. The summed E-state index contributed by atoms with van der Waals surface area (Å²) >= 11 is 0. The summed E-state index contributed by atoms with van der Waals surface area (Å²) in [5, 5.41) is 3.14. The minimum Gasteiger partial charge on any atom is -0.349 e. The molecule has 1 aromatic carbocycles. The van der Waals surface area contributed by atoms with Crippen molar-refractivity contribution in [1.82, 2.24) is 19.8 Å². The maximum atomic E-state index is 12.6. The van der Waals surface area contributed by atoms with Gasteiger partial charge in [0.25, 0.3) is 0 Å². The first kappa shape index (κ1) is 17.8. The highest BCUT2D eigenvalue weighted by Gasteiger charge is 2.36. The molecule has 0 radical (unpaired) electrons. The maximum Gasteiger partial charge on any atom is 0.225 e. The van der Waals surface area contributed by atoms with Crippen molar-refractivity contribution in [2.75, 3.05) is 13.1 Å². The van der Waals surface area contributed by atoms with Gasteiger partial charge >= 0.3 is 0 Å². The summed E-state index contributed by atoms with van der Waals surface area (Å²) in [5.41, 5.74) is 2.12. The van der Waals surface area contributed by atoms with Gasteiger partial charge in [-0.15, -0.1) is 0 Å². The highest BCUT2D eigenvalue weighted by molar-refractivity contribution is 5.82. The van der Waals surface area contributed by atoms with E-state index in [1.807, 2.05) is 46.9 Å². The van der Waals surface area contributed by atoms with Gasteiger partial charge < -0.3 is 14.8 Å². The van der Waals surface area contributed by atoms with Crippen LogP contribution in [0.5, 0.6) is 0 Å². The molecule has 2 aromatic rings. The lowest BCUT2D eigenvalue weighted by molar-refractivity contribution is -0.136. The summed E-state index contributed by atoms with van der Waals surface area (Å²) in [6.07, 6.45) is 9.02. The van der Waals surface area contributed by atoms with E-state index in [1.54, 1.807) is 12.5 Å². The monoisotopic (exact) mass is 366 g/mol. The second-order valence-corrected chi connectivity index (χ2v) is 7.67. The van der Waals surface area contributed by atoms with Gasteiger partial charge in [-0.3, -0.25) is 9.59 Å².